The van der Waals surface area contributed by atoms with Crippen molar-refractivity contribution in [3.8, 4) is 17.1 Å². The minimum absolute atomic E-state index is 0.0484. The van der Waals surface area contributed by atoms with Crippen LogP contribution in [0.25, 0.3) is 11.3 Å². The lowest BCUT2D eigenvalue weighted by Gasteiger charge is -2.49. The maximum absolute atomic E-state index is 14.5. The lowest BCUT2D eigenvalue weighted by Crippen LogP contribution is -2.59. The van der Waals surface area contributed by atoms with Crippen LogP contribution in [0, 0.1) is 18.7 Å². The lowest BCUT2D eigenvalue weighted by atomic mass is 9.77. The van der Waals surface area contributed by atoms with Crippen molar-refractivity contribution in [3.63, 3.8) is 0 Å². The first kappa shape index (κ1) is 23.2. The zero-order valence-corrected chi connectivity index (χ0v) is 18.8. The fraction of sp³-hybridized carbons (Fsp3) is 0.360. The molecule has 3 unspecified atom stereocenters. The van der Waals surface area contributed by atoms with Crippen molar-refractivity contribution >= 4 is 5.91 Å². The van der Waals surface area contributed by atoms with Crippen LogP contribution >= 0.6 is 0 Å². The Bertz CT molecular complexity index is 1250. The molecule has 3 aromatic rings. The van der Waals surface area contributed by atoms with Crippen LogP contribution in [0.2, 0.25) is 0 Å². The quantitative estimate of drug-likeness (QED) is 0.482. The second-order valence-corrected chi connectivity index (χ2v) is 8.93. The SMILES string of the molecule is Cc1ccc(-c2ncccc2F)c(C(=O)N2CC3CCC2C(Oc2ccc(C(F)(F)F)cn2)C3)n1. The molecule has 0 N–H and O–H groups in total. The third-order valence-corrected chi connectivity index (χ3v) is 6.57. The van der Waals surface area contributed by atoms with Gasteiger partial charge in [0.25, 0.3) is 5.91 Å². The van der Waals surface area contributed by atoms with Crippen LogP contribution < -0.4 is 4.74 Å². The molecule has 1 amide bonds. The number of carbonyl (C=O) groups excluding carboxylic acids is 1. The first-order valence-electron chi connectivity index (χ1n) is 11.3. The highest BCUT2D eigenvalue weighted by atomic mass is 19.4. The van der Waals surface area contributed by atoms with Crippen molar-refractivity contribution in [2.24, 2.45) is 5.92 Å². The standard InChI is InChI=1S/C25H22F4N4O2/c1-14-4-7-17(22-18(26)3-2-10-30-22)23(32-14)24(34)33-13-15-5-8-19(33)20(11-15)35-21-9-6-16(12-31-21)25(27,28)29/h2-4,6-7,9-10,12,15,19-20H,5,8,11,13H2,1H3. The number of fused-ring (bicyclic) bond motifs is 3. The van der Waals surface area contributed by atoms with Gasteiger partial charge in [-0.2, -0.15) is 13.2 Å². The smallest absolute Gasteiger partial charge is 0.417 e. The van der Waals surface area contributed by atoms with Crippen LogP contribution in [0.5, 0.6) is 5.88 Å². The zero-order valence-electron chi connectivity index (χ0n) is 18.8. The van der Waals surface area contributed by atoms with E-state index in [1.807, 2.05) is 0 Å². The van der Waals surface area contributed by atoms with Gasteiger partial charge in [0.2, 0.25) is 5.88 Å². The number of piperidine rings is 2. The number of amides is 1. The normalized spacial score (nSPS) is 21.7. The largest absolute Gasteiger partial charge is 0.472 e. The Balaban J connectivity index is 1.42. The van der Waals surface area contributed by atoms with E-state index in [1.54, 1.807) is 24.0 Å². The summed E-state index contributed by atoms with van der Waals surface area (Å²) in [6, 6.07) is 7.91. The summed E-state index contributed by atoms with van der Waals surface area (Å²) >= 11 is 0. The number of halogens is 4. The number of hydrogen-bond donors (Lipinski definition) is 0. The molecule has 2 aliphatic heterocycles. The van der Waals surface area contributed by atoms with Gasteiger partial charge in [0.15, 0.2) is 0 Å². The van der Waals surface area contributed by atoms with Gasteiger partial charge in [-0.15, -0.1) is 0 Å². The minimum Gasteiger partial charge on any atom is -0.472 e. The number of hydrogen-bond acceptors (Lipinski definition) is 5. The highest BCUT2D eigenvalue weighted by Crippen LogP contribution is 2.39. The molecule has 3 atom stereocenters. The molecule has 1 saturated carbocycles. The molecule has 0 spiro atoms. The van der Waals surface area contributed by atoms with Gasteiger partial charge in [-0.1, -0.05) is 0 Å². The predicted molar refractivity (Wildman–Crippen MR) is 118 cm³/mol. The van der Waals surface area contributed by atoms with E-state index in [0.717, 1.165) is 18.7 Å². The summed E-state index contributed by atoms with van der Waals surface area (Å²) in [4.78, 5) is 27.8. The first-order valence-corrected chi connectivity index (χ1v) is 11.3. The van der Waals surface area contributed by atoms with Crippen LogP contribution in [-0.4, -0.2) is 44.4 Å². The van der Waals surface area contributed by atoms with Crippen molar-refractivity contribution in [1.29, 1.82) is 0 Å². The van der Waals surface area contributed by atoms with Crippen molar-refractivity contribution in [3.05, 3.63) is 71.6 Å². The van der Waals surface area contributed by atoms with Crippen LogP contribution in [0.4, 0.5) is 17.6 Å². The van der Waals surface area contributed by atoms with Crippen LogP contribution in [0.15, 0.2) is 48.8 Å². The third-order valence-electron chi connectivity index (χ3n) is 6.57. The number of ether oxygens (including phenoxy) is 1. The predicted octanol–water partition coefficient (Wildman–Crippen LogP) is 5.08. The highest BCUT2D eigenvalue weighted by molar-refractivity contribution is 5.99. The monoisotopic (exact) mass is 486 g/mol. The van der Waals surface area contributed by atoms with Crippen LogP contribution in [0.3, 0.4) is 0 Å². The molecule has 2 bridgehead atoms. The summed E-state index contributed by atoms with van der Waals surface area (Å²) in [6.45, 7) is 2.25. The fourth-order valence-corrected chi connectivity index (χ4v) is 4.90. The maximum atomic E-state index is 14.5. The molecule has 2 saturated heterocycles. The molecule has 1 aliphatic carbocycles. The van der Waals surface area contributed by atoms with E-state index in [1.165, 1.54) is 24.4 Å². The van der Waals surface area contributed by atoms with Gasteiger partial charge < -0.3 is 9.64 Å². The average Bonchev–Trinajstić information content (AvgIpc) is 2.84. The molecule has 5 heterocycles. The molecular weight excluding hydrogens is 464 g/mol. The second-order valence-electron chi connectivity index (χ2n) is 8.93. The summed E-state index contributed by atoms with van der Waals surface area (Å²) in [5.74, 6) is -0.657. The van der Waals surface area contributed by atoms with Gasteiger partial charge in [-0.05, 0) is 62.4 Å². The summed E-state index contributed by atoms with van der Waals surface area (Å²) in [5.41, 5.74) is 0.222. The minimum atomic E-state index is -4.48. The van der Waals surface area contributed by atoms with Gasteiger partial charge >= 0.3 is 6.18 Å². The Morgan fingerprint density at radius 1 is 1.11 bits per heavy atom. The van der Waals surface area contributed by atoms with Crippen LogP contribution in [0.1, 0.15) is 41.0 Å². The first-order chi connectivity index (χ1) is 16.7. The Morgan fingerprint density at radius 2 is 1.94 bits per heavy atom. The van der Waals surface area contributed by atoms with E-state index in [0.29, 0.717) is 30.6 Å². The topological polar surface area (TPSA) is 68.2 Å². The van der Waals surface area contributed by atoms with Crippen molar-refractivity contribution in [1.82, 2.24) is 19.9 Å². The Kier molecular flexibility index (Phi) is 5.90. The van der Waals surface area contributed by atoms with E-state index in [9.17, 15) is 22.4 Å². The molecular formula is C25H22F4N4O2. The number of aryl methyl sites for hydroxylation is 1. The van der Waals surface area contributed by atoms with Gasteiger partial charge in [-0.3, -0.25) is 9.78 Å². The number of rotatable bonds is 4. The van der Waals surface area contributed by atoms with E-state index in [4.69, 9.17) is 4.74 Å². The maximum Gasteiger partial charge on any atom is 0.417 e. The molecule has 3 aromatic heterocycles. The zero-order chi connectivity index (χ0) is 24.7. The summed E-state index contributed by atoms with van der Waals surface area (Å²) in [6.07, 6.45) is -0.446. The number of alkyl halides is 3. The highest BCUT2D eigenvalue weighted by Gasteiger charge is 2.45. The number of nitrogens with zero attached hydrogens (tertiary/aromatic N) is 4. The Labute approximate surface area is 199 Å². The lowest BCUT2D eigenvalue weighted by molar-refractivity contribution is -0.137. The van der Waals surface area contributed by atoms with Gasteiger partial charge in [-0.25, -0.2) is 14.4 Å². The summed E-state index contributed by atoms with van der Waals surface area (Å²) in [5, 5.41) is 0. The van der Waals surface area contributed by atoms with Crippen molar-refractivity contribution in [2.45, 2.75) is 44.5 Å². The molecule has 6 rings (SSSR count). The van der Waals surface area contributed by atoms with Gasteiger partial charge in [0.1, 0.15) is 23.3 Å². The van der Waals surface area contributed by atoms with E-state index >= 15 is 0 Å². The fourth-order valence-electron chi connectivity index (χ4n) is 4.90. The Morgan fingerprint density at radius 3 is 2.63 bits per heavy atom. The molecule has 3 aliphatic rings. The molecule has 3 fully saturated rings. The van der Waals surface area contributed by atoms with E-state index in [2.05, 4.69) is 15.0 Å². The summed E-state index contributed by atoms with van der Waals surface area (Å²) < 4.78 is 59.0. The molecule has 0 aromatic carbocycles. The molecule has 35 heavy (non-hydrogen) atoms. The molecule has 0 radical (unpaired) electrons. The number of pyridine rings is 3. The van der Waals surface area contributed by atoms with E-state index < -0.39 is 23.7 Å². The summed E-state index contributed by atoms with van der Waals surface area (Å²) in [7, 11) is 0. The van der Waals surface area contributed by atoms with Crippen molar-refractivity contribution in [2.75, 3.05) is 6.54 Å². The van der Waals surface area contributed by atoms with Gasteiger partial charge in [0, 0.05) is 36.3 Å². The number of carbonyl (C=O) groups is 1. The van der Waals surface area contributed by atoms with Crippen molar-refractivity contribution < 1.29 is 27.1 Å². The third kappa shape index (κ3) is 4.56. The molecule has 10 heteroatoms. The Hall–Kier alpha value is -3.56. The molecule has 182 valence electrons. The number of aromatic nitrogens is 3. The van der Waals surface area contributed by atoms with Gasteiger partial charge in [0.05, 0.1) is 11.6 Å². The molecule has 6 nitrogen and oxygen atoms in total. The second kappa shape index (κ2) is 8.90. The average molecular weight is 486 g/mol. The van der Waals surface area contributed by atoms with E-state index in [-0.39, 0.29) is 35.1 Å². The van der Waals surface area contributed by atoms with Crippen LogP contribution in [-0.2, 0) is 6.18 Å².